The lowest BCUT2D eigenvalue weighted by atomic mass is 10.4. The molecule has 0 amide bonds. The van der Waals surface area contributed by atoms with Crippen molar-refractivity contribution in [2.24, 2.45) is 0 Å². The lowest BCUT2D eigenvalue weighted by molar-refractivity contribution is 0.685. The topological polar surface area (TPSA) is 23.9 Å². The summed E-state index contributed by atoms with van der Waals surface area (Å²) < 4.78 is 11.9. The minimum atomic E-state index is -0.525. The van der Waals surface area contributed by atoms with E-state index < -0.39 is 5.83 Å². The molecule has 1 nitrogen and oxygen atoms in total. The first kappa shape index (κ1) is 7.08. The number of hydrogen-bond acceptors (Lipinski definition) is 1. The Balaban J connectivity index is 3.74. The minimum absolute atomic E-state index is 0.525. The highest BCUT2D eigenvalue weighted by Crippen LogP contribution is 1.89. The molecular weight excluding hydrogens is 105 g/mol. The number of hydrogen-bond donors (Lipinski definition) is 1. The van der Waals surface area contributed by atoms with E-state index in [1.54, 1.807) is 19.1 Å². The van der Waals surface area contributed by atoms with Crippen molar-refractivity contribution in [1.82, 2.24) is 0 Å². The van der Waals surface area contributed by atoms with Crippen molar-refractivity contribution in [3.63, 3.8) is 0 Å². The molecule has 0 heterocycles. The van der Waals surface area contributed by atoms with Crippen molar-refractivity contribution in [3.8, 4) is 0 Å². The van der Waals surface area contributed by atoms with Crippen LogP contribution in [-0.4, -0.2) is 6.21 Å². The molecule has 0 radical (unpaired) electrons. The van der Waals surface area contributed by atoms with Crippen LogP contribution in [0.1, 0.15) is 6.92 Å². The molecule has 0 aromatic rings. The van der Waals surface area contributed by atoms with E-state index in [0.29, 0.717) is 6.21 Å². The Morgan fingerprint density at radius 2 is 2.25 bits per heavy atom. The van der Waals surface area contributed by atoms with Gasteiger partial charge in [-0.15, -0.1) is 0 Å². The van der Waals surface area contributed by atoms with Crippen molar-refractivity contribution in [3.05, 3.63) is 24.1 Å². The van der Waals surface area contributed by atoms with Crippen LogP contribution in [0.2, 0.25) is 0 Å². The van der Waals surface area contributed by atoms with E-state index in [1.807, 2.05) is 0 Å². The Labute approximate surface area is 48.0 Å². The second kappa shape index (κ2) is 4.24. The fraction of sp³-hybridized carbons (Fsp3) is 0.167. The second-order valence-corrected chi connectivity index (χ2v) is 1.22. The normalized spacial score (nSPS) is 12.5. The van der Waals surface area contributed by atoms with Gasteiger partial charge < -0.3 is 5.41 Å². The first-order valence-corrected chi connectivity index (χ1v) is 2.30. The third kappa shape index (κ3) is 3.28. The Kier molecular flexibility index (Phi) is 3.76. The average molecular weight is 113 g/mol. The summed E-state index contributed by atoms with van der Waals surface area (Å²) >= 11 is 0. The number of halogens is 1. The summed E-state index contributed by atoms with van der Waals surface area (Å²) in [6.45, 7) is 1.79. The highest BCUT2D eigenvalue weighted by Gasteiger charge is 1.78. The van der Waals surface area contributed by atoms with E-state index in [0.717, 1.165) is 0 Å². The zero-order valence-corrected chi connectivity index (χ0v) is 4.69. The quantitative estimate of drug-likeness (QED) is 0.418. The maximum absolute atomic E-state index is 11.9. The molecule has 0 saturated heterocycles. The zero-order valence-electron chi connectivity index (χ0n) is 4.69. The average Bonchev–Trinajstić information content (AvgIpc) is 1.83. The summed E-state index contributed by atoms with van der Waals surface area (Å²) in [5.41, 5.74) is 0. The van der Waals surface area contributed by atoms with Crippen LogP contribution in [-0.2, 0) is 0 Å². The Hall–Kier alpha value is -0.920. The Morgan fingerprint density at radius 3 is 2.62 bits per heavy atom. The van der Waals surface area contributed by atoms with Crippen molar-refractivity contribution in [1.29, 1.82) is 5.41 Å². The van der Waals surface area contributed by atoms with Gasteiger partial charge in [-0.3, -0.25) is 0 Å². The van der Waals surface area contributed by atoms with E-state index >= 15 is 0 Å². The fourth-order valence-corrected chi connectivity index (χ4v) is 0.236. The van der Waals surface area contributed by atoms with Crippen molar-refractivity contribution in [2.75, 3.05) is 0 Å². The van der Waals surface area contributed by atoms with Gasteiger partial charge in [-0.2, -0.15) is 0 Å². The van der Waals surface area contributed by atoms with Gasteiger partial charge in [-0.25, -0.2) is 4.39 Å². The molecule has 0 atom stereocenters. The zero-order chi connectivity index (χ0) is 6.41. The highest BCUT2D eigenvalue weighted by molar-refractivity contribution is 5.72. The molecule has 8 heavy (non-hydrogen) atoms. The standard InChI is InChI=1S/C6H8FN/c1-2-3-4-6(7)5-8/h2-5,8H,1H3. The van der Waals surface area contributed by atoms with E-state index in [1.165, 1.54) is 6.08 Å². The van der Waals surface area contributed by atoms with Crippen molar-refractivity contribution in [2.45, 2.75) is 6.92 Å². The largest absolute Gasteiger partial charge is 0.306 e. The Bertz CT molecular complexity index is 124. The number of nitrogens with one attached hydrogen (secondary N) is 1. The molecule has 0 unspecified atom stereocenters. The van der Waals surface area contributed by atoms with Crippen LogP contribution >= 0.6 is 0 Å². The van der Waals surface area contributed by atoms with Gasteiger partial charge in [0.05, 0.1) is 6.21 Å². The van der Waals surface area contributed by atoms with Gasteiger partial charge in [-0.05, 0) is 13.0 Å². The second-order valence-electron chi connectivity index (χ2n) is 1.22. The molecule has 0 aliphatic heterocycles. The molecule has 0 aromatic heterocycles. The van der Waals surface area contributed by atoms with Gasteiger partial charge in [0.2, 0.25) is 0 Å². The van der Waals surface area contributed by atoms with Crippen molar-refractivity contribution >= 4 is 6.21 Å². The van der Waals surface area contributed by atoms with E-state index in [2.05, 4.69) is 0 Å². The van der Waals surface area contributed by atoms with Crippen molar-refractivity contribution < 1.29 is 4.39 Å². The molecule has 2 heteroatoms. The minimum Gasteiger partial charge on any atom is -0.306 e. The highest BCUT2D eigenvalue weighted by atomic mass is 19.1. The summed E-state index contributed by atoms with van der Waals surface area (Å²) in [5.74, 6) is -0.525. The smallest absolute Gasteiger partial charge is 0.140 e. The van der Waals surface area contributed by atoms with Crippen LogP contribution in [0.5, 0.6) is 0 Å². The van der Waals surface area contributed by atoms with Crippen LogP contribution in [0.4, 0.5) is 4.39 Å². The van der Waals surface area contributed by atoms with Gasteiger partial charge >= 0.3 is 0 Å². The lowest BCUT2D eigenvalue weighted by Crippen LogP contribution is -1.67. The van der Waals surface area contributed by atoms with E-state index in [-0.39, 0.29) is 0 Å². The number of allylic oxidation sites excluding steroid dienone is 4. The fourth-order valence-electron chi connectivity index (χ4n) is 0.236. The summed E-state index contributed by atoms with van der Waals surface area (Å²) in [7, 11) is 0. The van der Waals surface area contributed by atoms with Gasteiger partial charge in [-0.1, -0.05) is 12.2 Å². The maximum Gasteiger partial charge on any atom is 0.140 e. The molecule has 0 saturated carbocycles. The molecular formula is C6H8FN. The summed E-state index contributed by atoms with van der Waals surface area (Å²) in [6.07, 6.45) is 5.14. The van der Waals surface area contributed by atoms with Gasteiger partial charge in [0.25, 0.3) is 0 Å². The summed E-state index contributed by atoms with van der Waals surface area (Å²) in [5, 5.41) is 6.38. The van der Waals surface area contributed by atoms with Crippen LogP contribution in [0.3, 0.4) is 0 Å². The maximum atomic E-state index is 11.9. The molecule has 44 valence electrons. The molecule has 0 aliphatic rings. The molecule has 0 fully saturated rings. The van der Waals surface area contributed by atoms with Crippen LogP contribution in [0.25, 0.3) is 0 Å². The molecule has 0 bridgehead atoms. The summed E-state index contributed by atoms with van der Waals surface area (Å²) in [4.78, 5) is 0. The van der Waals surface area contributed by atoms with Crippen LogP contribution in [0.15, 0.2) is 24.1 Å². The van der Waals surface area contributed by atoms with Crippen LogP contribution in [0, 0.1) is 5.41 Å². The first-order valence-electron chi connectivity index (χ1n) is 2.30. The predicted molar refractivity (Wildman–Crippen MR) is 32.8 cm³/mol. The lowest BCUT2D eigenvalue weighted by Gasteiger charge is -1.75. The van der Waals surface area contributed by atoms with Gasteiger partial charge in [0, 0.05) is 0 Å². The van der Waals surface area contributed by atoms with Gasteiger partial charge in [0.1, 0.15) is 5.83 Å². The van der Waals surface area contributed by atoms with Gasteiger partial charge in [0.15, 0.2) is 0 Å². The SMILES string of the molecule is CC=CC=C(F)C=N. The van der Waals surface area contributed by atoms with E-state index in [4.69, 9.17) is 5.41 Å². The summed E-state index contributed by atoms with van der Waals surface area (Å²) in [6, 6.07) is 0. The predicted octanol–water partition coefficient (Wildman–Crippen LogP) is 2.07. The molecule has 0 aromatic carbocycles. The van der Waals surface area contributed by atoms with Crippen LogP contribution < -0.4 is 0 Å². The third-order valence-electron chi connectivity index (χ3n) is 0.586. The molecule has 0 spiro atoms. The molecule has 0 aliphatic carbocycles. The van der Waals surface area contributed by atoms with E-state index in [9.17, 15) is 4.39 Å². The number of rotatable bonds is 2. The third-order valence-corrected chi connectivity index (χ3v) is 0.586. The monoisotopic (exact) mass is 113 g/mol. The molecule has 1 N–H and O–H groups in total. The first-order chi connectivity index (χ1) is 3.81. The molecule has 0 rings (SSSR count). The Morgan fingerprint density at radius 1 is 1.62 bits per heavy atom.